The molecule has 0 amide bonds. The summed E-state index contributed by atoms with van der Waals surface area (Å²) in [6.07, 6.45) is 0.603. The van der Waals surface area contributed by atoms with Crippen LogP contribution in [0.4, 0.5) is 0 Å². The highest BCUT2D eigenvalue weighted by atomic mass is 32.2. The number of hydrogen-bond acceptors (Lipinski definition) is 4. The van der Waals surface area contributed by atoms with E-state index in [2.05, 4.69) is 4.72 Å². The van der Waals surface area contributed by atoms with E-state index in [1.807, 2.05) is 31.2 Å². The zero-order valence-corrected chi connectivity index (χ0v) is 13.9. The van der Waals surface area contributed by atoms with Gasteiger partial charge in [0.15, 0.2) is 0 Å². The van der Waals surface area contributed by atoms with Crippen LogP contribution in [-0.4, -0.2) is 22.1 Å². The van der Waals surface area contributed by atoms with Crippen molar-refractivity contribution < 1.29 is 17.9 Å². The second-order valence-corrected chi connectivity index (χ2v) is 7.19. The molecule has 23 heavy (non-hydrogen) atoms. The number of rotatable bonds is 4. The molecule has 1 aliphatic heterocycles. The Labute approximate surface area is 136 Å². The lowest BCUT2D eigenvalue weighted by Gasteiger charge is -2.26. The number of aryl methyl sites for hydroxylation is 1. The van der Waals surface area contributed by atoms with Crippen molar-refractivity contribution in [3.8, 4) is 11.5 Å². The SMILES string of the molecule is COc1ccc(S(=O)(=O)NC2CCOc3ccccc32)cc1C. The van der Waals surface area contributed by atoms with E-state index in [0.29, 0.717) is 18.8 Å². The van der Waals surface area contributed by atoms with Crippen LogP contribution < -0.4 is 14.2 Å². The molecule has 0 aromatic heterocycles. The number of methoxy groups -OCH3 is 1. The summed E-state index contributed by atoms with van der Waals surface area (Å²) >= 11 is 0. The molecule has 0 aliphatic carbocycles. The van der Waals surface area contributed by atoms with Gasteiger partial charge in [0.25, 0.3) is 0 Å². The molecular formula is C17H19NO4S. The first-order chi connectivity index (χ1) is 11.0. The standard InChI is InChI=1S/C17H19NO4S/c1-12-11-13(7-8-16(12)21-2)23(19,20)18-15-9-10-22-17-6-4-3-5-14(15)17/h3-8,11,15,18H,9-10H2,1-2H3. The van der Waals surface area contributed by atoms with Gasteiger partial charge < -0.3 is 9.47 Å². The average Bonchev–Trinajstić information content (AvgIpc) is 2.55. The summed E-state index contributed by atoms with van der Waals surface area (Å²) in [5.74, 6) is 1.40. The first kappa shape index (κ1) is 15.8. The highest BCUT2D eigenvalue weighted by Crippen LogP contribution is 2.33. The van der Waals surface area contributed by atoms with E-state index < -0.39 is 10.0 Å². The van der Waals surface area contributed by atoms with Crippen LogP contribution >= 0.6 is 0 Å². The largest absolute Gasteiger partial charge is 0.496 e. The van der Waals surface area contributed by atoms with Gasteiger partial charge in [-0.1, -0.05) is 18.2 Å². The highest BCUT2D eigenvalue weighted by Gasteiger charge is 2.26. The molecule has 5 nitrogen and oxygen atoms in total. The molecule has 1 heterocycles. The van der Waals surface area contributed by atoms with Crippen molar-refractivity contribution in [1.29, 1.82) is 0 Å². The van der Waals surface area contributed by atoms with Gasteiger partial charge in [0.05, 0.1) is 24.7 Å². The van der Waals surface area contributed by atoms with Crippen LogP contribution in [0, 0.1) is 6.92 Å². The third-order valence-electron chi connectivity index (χ3n) is 3.93. The van der Waals surface area contributed by atoms with Gasteiger partial charge in [-0.15, -0.1) is 0 Å². The first-order valence-electron chi connectivity index (χ1n) is 7.40. The average molecular weight is 333 g/mol. The number of sulfonamides is 1. The van der Waals surface area contributed by atoms with Crippen LogP contribution in [0.5, 0.6) is 11.5 Å². The number of benzene rings is 2. The van der Waals surface area contributed by atoms with Crippen molar-refractivity contribution in [2.45, 2.75) is 24.3 Å². The van der Waals surface area contributed by atoms with Crippen LogP contribution in [-0.2, 0) is 10.0 Å². The monoisotopic (exact) mass is 333 g/mol. The number of fused-ring (bicyclic) bond motifs is 1. The van der Waals surface area contributed by atoms with Crippen LogP contribution in [0.25, 0.3) is 0 Å². The van der Waals surface area contributed by atoms with Crippen molar-refractivity contribution in [3.05, 3.63) is 53.6 Å². The number of nitrogens with one attached hydrogen (secondary N) is 1. The third-order valence-corrected chi connectivity index (χ3v) is 5.40. The fourth-order valence-corrected chi connectivity index (χ4v) is 4.07. The molecular weight excluding hydrogens is 314 g/mol. The second kappa shape index (κ2) is 6.22. The number of ether oxygens (including phenoxy) is 2. The van der Waals surface area contributed by atoms with Crippen molar-refractivity contribution in [2.75, 3.05) is 13.7 Å². The molecule has 0 spiro atoms. The fraction of sp³-hybridized carbons (Fsp3) is 0.294. The van der Waals surface area contributed by atoms with Crippen LogP contribution in [0.3, 0.4) is 0 Å². The maximum atomic E-state index is 12.7. The predicted octanol–water partition coefficient (Wildman–Crippen LogP) is 2.81. The fourth-order valence-electron chi connectivity index (χ4n) is 2.74. The van der Waals surface area contributed by atoms with Crippen molar-refractivity contribution in [2.24, 2.45) is 0 Å². The van der Waals surface area contributed by atoms with E-state index in [0.717, 1.165) is 16.9 Å². The van der Waals surface area contributed by atoms with Gasteiger partial charge in [0.2, 0.25) is 10.0 Å². The minimum absolute atomic E-state index is 0.236. The lowest BCUT2D eigenvalue weighted by atomic mass is 10.0. The zero-order valence-electron chi connectivity index (χ0n) is 13.1. The molecule has 2 aromatic carbocycles. The molecule has 1 atom stereocenters. The van der Waals surface area contributed by atoms with Gasteiger partial charge in [-0.25, -0.2) is 13.1 Å². The van der Waals surface area contributed by atoms with Crippen LogP contribution in [0.2, 0.25) is 0 Å². The van der Waals surface area contributed by atoms with Gasteiger partial charge in [-0.3, -0.25) is 0 Å². The zero-order chi connectivity index (χ0) is 16.4. The molecule has 0 saturated heterocycles. The lowest BCUT2D eigenvalue weighted by Crippen LogP contribution is -2.32. The lowest BCUT2D eigenvalue weighted by molar-refractivity contribution is 0.263. The molecule has 6 heteroatoms. The van der Waals surface area contributed by atoms with Crippen molar-refractivity contribution in [3.63, 3.8) is 0 Å². The van der Waals surface area contributed by atoms with Gasteiger partial charge in [0.1, 0.15) is 11.5 Å². The minimum atomic E-state index is -3.61. The Bertz CT molecular complexity index is 817. The molecule has 3 rings (SSSR count). The Balaban J connectivity index is 1.89. The summed E-state index contributed by atoms with van der Waals surface area (Å²) in [6.45, 7) is 2.31. The highest BCUT2D eigenvalue weighted by molar-refractivity contribution is 7.89. The molecule has 1 unspecified atom stereocenters. The summed E-state index contributed by atoms with van der Waals surface area (Å²) in [6, 6.07) is 12.1. The molecule has 0 saturated carbocycles. The number of para-hydroxylation sites is 1. The summed E-state index contributed by atoms with van der Waals surface area (Å²) in [5.41, 5.74) is 1.65. The van der Waals surface area contributed by atoms with E-state index in [-0.39, 0.29) is 10.9 Å². The molecule has 1 N–H and O–H groups in total. The van der Waals surface area contributed by atoms with E-state index in [4.69, 9.17) is 9.47 Å². The minimum Gasteiger partial charge on any atom is -0.496 e. The van der Waals surface area contributed by atoms with Crippen LogP contribution in [0.15, 0.2) is 47.4 Å². The quantitative estimate of drug-likeness (QED) is 0.934. The van der Waals surface area contributed by atoms with Crippen molar-refractivity contribution >= 4 is 10.0 Å². The van der Waals surface area contributed by atoms with Crippen molar-refractivity contribution in [1.82, 2.24) is 4.72 Å². The van der Waals surface area contributed by atoms with Crippen LogP contribution in [0.1, 0.15) is 23.6 Å². The number of hydrogen-bond donors (Lipinski definition) is 1. The molecule has 0 bridgehead atoms. The molecule has 122 valence electrons. The smallest absolute Gasteiger partial charge is 0.241 e. The second-order valence-electron chi connectivity index (χ2n) is 5.48. The third kappa shape index (κ3) is 3.18. The molecule has 1 aliphatic rings. The summed E-state index contributed by atoms with van der Waals surface area (Å²) < 4.78 is 38.9. The maximum Gasteiger partial charge on any atom is 0.241 e. The molecule has 0 radical (unpaired) electrons. The van der Waals surface area contributed by atoms with E-state index >= 15 is 0 Å². The Hall–Kier alpha value is -2.05. The Morgan fingerprint density at radius 3 is 2.74 bits per heavy atom. The normalized spacial score (nSPS) is 17.2. The maximum absolute atomic E-state index is 12.7. The Kier molecular flexibility index (Phi) is 4.28. The Morgan fingerprint density at radius 1 is 1.22 bits per heavy atom. The summed E-state index contributed by atoms with van der Waals surface area (Å²) in [4.78, 5) is 0.236. The topological polar surface area (TPSA) is 64.6 Å². The summed E-state index contributed by atoms with van der Waals surface area (Å²) in [7, 11) is -2.05. The van der Waals surface area contributed by atoms with Gasteiger partial charge in [0, 0.05) is 12.0 Å². The van der Waals surface area contributed by atoms with E-state index in [1.54, 1.807) is 25.3 Å². The van der Waals surface area contributed by atoms with E-state index in [9.17, 15) is 8.42 Å². The Morgan fingerprint density at radius 2 is 2.00 bits per heavy atom. The van der Waals surface area contributed by atoms with Gasteiger partial charge in [-0.2, -0.15) is 0 Å². The molecule has 0 fully saturated rings. The predicted molar refractivity (Wildman–Crippen MR) is 87.3 cm³/mol. The van der Waals surface area contributed by atoms with Gasteiger partial charge in [-0.05, 0) is 36.8 Å². The summed E-state index contributed by atoms with van der Waals surface area (Å²) in [5, 5.41) is 0. The molecule has 2 aromatic rings. The van der Waals surface area contributed by atoms with E-state index in [1.165, 1.54) is 0 Å². The van der Waals surface area contributed by atoms with Gasteiger partial charge >= 0.3 is 0 Å². The first-order valence-corrected chi connectivity index (χ1v) is 8.88.